The Labute approximate surface area is 206 Å². The lowest BCUT2D eigenvalue weighted by Crippen LogP contribution is -2.48. The number of amides is 3. The van der Waals surface area contributed by atoms with Crippen LogP contribution in [0.25, 0.3) is 0 Å². The number of anilines is 1. The third kappa shape index (κ3) is 7.40. The van der Waals surface area contributed by atoms with Gasteiger partial charge >= 0.3 is 6.03 Å². The van der Waals surface area contributed by atoms with E-state index in [1.165, 1.54) is 0 Å². The topological polar surface area (TPSA) is 122 Å². The number of aryl methyl sites for hydroxylation is 1. The second-order valence-corrected chi connectivity index (χ2v) is 9.02. The molecule has 3 amide bonds. The number of likely N-dealkylation sites (N-methyl/N-ethyl adjacent to an activating group) is 1. The van der Waals surface area contributed by atoms with Gasteiger partial charge in [0.25, 0.3) is 0 Å². The van der Waals surface area contributed by atoms with Crippen LogP contribution in [0.4, 0.5) is 10.5 Å². The van der Waals surface area contributed by atoms with Gasteiger partial charge in [0.1, 0.15) is 11.4 Å². The molecular formula is C24H36N6O5. The Morgan fingerprint density at radius 1 is 1.37 bits per heavy atom. The fourth-order valence-electron chi connectivity index (χ4n) is 3.94. The lowest BCUT2D eigenvalue weighted by Gasteiger charge is -2.35. The third-order valence-electron chi connectivity index (χ3n) is 6.19. The van der Waals surface area contributed by atoms with Crippen LogP contribution in [0.3, 0.4) is 0 Å². The lowest BCUT2D eigenvalue weighted by atomic mass is 10.0. The van der Waals surface area contributed by atoms with Crippen LogP contribution >= 0.6 is 0 Å². The standard InChI is InChI=1S/C24H36N6O5/c1-17-12-30(18(2)15-31)23(32)6-5-11-29-13-20(26-27-29)16-35-22(17)14-28(3)24(33)25-19-7-9-21(34-4)10-8-19/h7-10,13,17-18,22,31H,5-6,11-12,14-16H2,1-4H3,(H,25,33)/t17-,18+,22+/m0/s1. The molecule has 0 spiro atoms. The first-order valence-electron chi connectivity index (χ1n) is 11.9. The number of ether oxygens (including phenoxy) is 2. The van der Waals surface area contributed by atoms with Crippen molar-refractivity contribution < 1.29 is 24.2 Å². The van der Waals surface area contributed by atoms with Crippen molar-refractivity contribution in [1.29, 1.82) is 0 Å². The Kier molecular flexibility index (Phi) is 9.44. The first-order valence-corrected chi connectivity index (χ1v) is 11.9. The maximum absolute atomic E-state index is 13.0. The van der Waals surface area contributed by atoms with E-state index < -0.39 is 0 Å². The van der Waals surface area contributed by atoms with Crippen LogP contribution in [0.2, 0.25) is 0 Å². The van der Waals surface area contributed by atoms with E-state index in [4.69, 9.17) is 9.47 Å². The number of benzene rings is 1. The van der Waals surface area contributed by atoms with Gasteiger partial charge in [-0.25, -0.2) is 4.79 Å². The maximum Gasteiger partial charge on any atom is 0.321 e. The van der Waals surface area contributed by atoms with Crippen molar-refractivity contribution in [1.82, 2.24) is 24.8 Å². The average Bonchev–Trinajstić information content (AvgIpc) is 3.31. The van der Waals surface area contributed by atoms with E-state index in [1.807, 2.05) is 20.0 Å². The second kappa shape index (κ2) is 12.5. The number of hydrogen-bond acceptors (Lipinski definition) is 7. The molecule has 3 rings (SSSR count). The monoisotopic (exact) mass is 488 g/mol. The molecule has 192 valence electrons. The summed E-state index contributed by atoms with van der Waals surface area (Å²) in [6, 6.07) is 6.49. The molecule has 2 aromatic rings. The van der Waals surface area contributed by atoms with Crippen LogP contribution in [-0.2, 0) is 22.7 Å². The van der Waals surface area contributed by atoms with Crippen molar-refractivity contribution in [2.75, 3.05) is 39.2 Å². The second-order valence-electron chi connectivity index (χ2n) is 9.02. The molecule has 0 unspecified atom stereocenters. The van der Waals surface area contributed by atoms with Crippen molar-refractivity contribution >= 4 is 17.6 Å². The highest BCUT2D eigenvalue weighted by Crippen LogP contribution is 2.19. The number of rotatable bonds is 6. The number of aliphatic hydroxyl groups is 1. The number of nitrogens with zero attached hydrogens (tertiary/aromatic N) is 5. The van der Waals surface area contributed by atoms with Crippen LogP contribution < -0.4 is 10.1 Å². The quantitative estimate of drug-likeness (QED) is 0.637. The Balaban J connectivity index is 1.73. The Hall–Kier alpha value is -3.18. The molecule has 1 aliphatic rings. The van der Waals surface area contributed by atoms with E-state index in [1.54, 1.807) is 52.9 Å². The number of urea groups is 1. The highest BCUT2D eigenvalue weighted by Gasteiger charge is 2.28. The first kappa shape index (κ1) is 26.4. The van der Waals surface area contributed by atoms with E-state index in [9.17, 15) is 14.7 Å². The molecule has 0 radical (unpaired) electrons. The predicted octanol–water partition coefficient (Wildman–Crippen LogP) is 1.98. The molecule has 0 saturated heterocycles. The number of aliphatic hydroxyl groups excluding tert-OH is 1. The molecule has 0 fully saturated rings. The van der Waals surface area contributed by atoms with Crippen molar-refractivity contribution in [3.05, 3.63) is 36.2 Å². The van der Waals surface area contributed by atoms with Gasteiger partial charge in [-0.3, -0.25) is 9.48 Å². The van der Waals surface area contributed by atoms with Crippen LogP contribution in [0.15, 0.2) is 30.5 Å². The summed E-state index contributed by atoms with van der Waals surface area (Å²) in [7, 11) is 3.29. The molecule has 0 aliphatic carbocycles. The summed E-state index contributed by atoms with van der Waals surface area (Å²) in [4.78, 5) is 29.1. The number of carbonyl (C=O) groups excluding carboxylic acids is 2. The van der Waals surface area contributed by atoms with Crippen LogP contribution in [-0.4, -0.2) is 87.8 Å². The minimum absolute atomic E-state index is 0.0256. The zero-order chi connectivity index (χ0) is 25.4. The molecule has 2 N–H and O–H groups in total. The summed E-state index contributed by atoms with van der Waals surface area (Å²) in [6.45, 7) is 5.22. The van der Waals surface area contributed by atoms with Gasteiger partial charge in [0, 0.05) is 44.7 Å². The number of fused-ring (bicyclic) bond motifs is 2. The molecule has 11 heteroatoms. The number of carbonyl (C=O) groups is 2. The molecule has 1 aromatic carbocycles. The predicted molar refractivity (Wildman–Crippen MR) is 130 cm³/mol. The van der Waals surface area contributed by atoms with Crippen molar-refractivity contribution in [3.8, 4) is 5.75 Å². The van der Waals surface area contributed by atoms with Crippen molar-refractivity contribution in [2.45, 2.75) is 52.0 Å². The normalized spacial score (nSPS) is 20.3. The summed E-state index contributed by atoms with van der Waals surface area (Å²) in [5, 5.41) is 20.9. The summed E-state index contributed by atoms with van der Waals surface area (Å²) in [5.41, 5.74) is 1.34. The third-order valence-corrected chi connectivity index (χ3v) is 6.19. The number of methoxy groups -OCH3 is 1. The van der Waals surface area contributed by atoms with E-state index in [2.05, 4.69) is 15.6 Å². The van der Waals surface area contributed by atoms with E-state index in [0.29, 0.717) is 49.6 Å². The Bertz CT molecular complexity index is 966. The van der Waals surface area contributed by atoms with Gasteiger partial charge in [0.2, 0.25) is 5.91 Å². The molecule has 2 bridgehead atoms. The molecule has 35 heavy (non-hydrogen) atoms. The summed E-state index contributed by atoms with van der Waals surface area (Å²) in [5.74, 6) is 0.568. The van der Waals surface area contributed by atoms with E-state index in [-0.39, 0.29) is 43.2 Å². The number of hydrogen-bond donors (Lipinski definition) is 2. The molecule has 11 nitrogen and oxygen atoms in total. The van der Waals surface area contributed by atoms with E-state index in [0.717, 1.165) is 0 Å². The van der Waals surface area contributed by atoms with Gasteiger partial charge in [0.15, 0.2) is 0 Å². The van der Waals surface area contributed by atoms with Crippen LogP contribution in [0.1, 0.15) is 32.4 Å². The lowest BCUT2D eigenvalue weighted by molar-refractivity contribution is -0.136. The minimum Gasteiger partial charge on any atom is -0.497 e. The molecule has 3 atom stereocenters. The van der Waals surface area contributed by atoms with Crippen molar-refractivity contribution in [3.63, 3.8) is 0 Å². The first-order chi connectivity index (χ1) is 16.8. The highest BCUT2D eigenvalue weighted by molar-refractivity contribution is 5.89. The summed E-state index contributed by atoms with van der Waals surface area (Å²) < 4.78 is 13.1. The van der Waals surface area contributed by atoms with Gasteiger partial charge in [-0.2, -0.15) is 0 Å². The molecular weight excluding hydrogens is 452 g/mol. The Morgan fingerprint density at radius 3 is 2.80 bits per heavy atom. The number of nitrogens with one attached hydrogen (secondary N) is 1. The average molecular weight is 489 g/mol. The van der Waals surface area contributed by atoms with Crippen LogP contribution in [0.5, 0.6) is 5.75 Å². The van der Waals surface area contributed by atoms with E-state index >= 15 is 0 Å². The largest absolute Gasteiger partial charge is 0.497 e. The minimum atomic E-state index is -0.381. The zero-order valence-corrected chi connectivity index (χ0v) is 20.9. The van der Waals surface area contributed by atoms with Gasteiger partial charge in [0.05, 0.1) is 38.7 Å². The smallest absolute Gasteiger partial charge is 0.321 e. The molecule has 0 saturated carbocycles. The summed E-state index contributed by atoms with van der Waals surface area (Å²) >= 11 is 0. The number of aromatic nitrogens is 3. The van der Waals surface area contributed by atoms with Gasteiger partial charge in [-0.1, -0.05) is 12.1 Å². The molecule has 1 aliphatic heterocycles. The van der Waals surface area contributed by atoms with Gasteiger partial charge in [-0.15, -0.1) is 5.10 Å². The van der Waals surface area contributed by atoms with Gasteiger partial charge in [-0.05, 0) is 37.6 Å². The van der Waals surface area contributed by atoms with Crippen LogP contribution in [0, 0.1) is 5.92 Å². The van der Waals surface area contributed by atoms with Crippen molar-refractivity contribution in [2.24, 2.45) is 5.92 Å². The zero-order valence-electron chi connectivity index (χ0n) is 20.9. The molecule has 1 aromatic heterocycles. The maximum atomic E-state index is 13.0. The fourth-order valence-corrected chi connectivity index (χ4v) is 3.94. The highest BCUT2D eigenvalue weighted by atomic mass is 16.5. The molecule has 2 heterocycles. The fraction of sp³-hybridized carbons (Fsp3) is 0.583. The summed E-state index contributed by atoms with van der Waals surface area (Å²) in [6.07, 6.45) is 2.41. The van der Waals surface area contributed by atoms with Gasteiger partial charge < -0.3 is 29.7 Å². The SMILES string of the molecule is COc1ccc(NC(=O)N(C)C[C@H]2OCc3cn(nn3)CCCC(=O)N([C@H](C)CO)C[C@@H]2C)cc1. The Morgan fingerprint density at radius 2 is 2.11 bits per heavy atom.